The first kappa shape index (κ1) is 18.2. The lowest BCUT2D eigenvalue weighted by Gasteiger charge is -2.19. The number of nitrogens with one attached hydrogen (secondary N) is 1. The summed E-state index contributed by atoms with van der Waals surface area (Å²) in [7, 11) is 0. The molecule has 1 amide bonds. The molecule has 0 radical (unpaired) electrons. The molecule has 1 unspecified atom stereocenters. The van der Waals surface area contributed by atoms with Crippen molar-refractivity contribution in [3.63, 3.8) is 0 Å². The highest BCUT2D eigenvalue weighted by molar-refractivity contribution is 5.86. The van der Waals surface area contributed by atoms with Gasteiger partial charge >= 0.3 is 5.97 Å². The summed E-state index contributed by atoms with van der Waals surface area (Å²) in [4.78, 5) is 34.7. The molecule has 0 aliphatic heterocycles. The molecule has 8 nitrogen and oxygen atoms in total. The minimum atomic E-state index is -1.16. The van der Waals surface area contributed by atoms with Crippen LogP contribution in [0.4, 0.5) is 0 Å². The van der Waals surface area contributed by atoms with E-state index in [0.717, 1.165) is 17.8 Å². The highest BCUT2D eigenvalue weighted by Gasteiger charge is 2.23. The second-order valence-corrected chi connectivity index (χ2v) is 5.59. The molecule has 5 N–H and O–H groups in total. The lowest BCUT2D eigenvalue weighted by Crippen LogP contribution is -2.50. The number of aromatic nitrogens is 1. The first-order valence-electron chi connectivity index (χ1n) is 7.58. The number of carboxylic acids is 1. The van der Waals surface area contributed by atoms with Gasteiger partial charge in [0.25, 0.3) is 0 Å². The summed E-state index contributed by atoms with van der Waals surface area (Å²) in [6.07, 6.45) is 2.68. The number of hydrogen-bond acceptors (Lipinski definition) is 5. The van der Waals surface area contributed by atoms with Gasteiger partial charge < -0.3 is 25.8 Å². The first-order valence-corrected chi connectivity index (χ1v) is 7.58. The summed E-state index contributed by atoms with van der Waals surface area (Å²) in [6.45, 7) is -0.0165. The third kappa shape index (κ3) is 5.18. The van der Waals surface area contributed by atoms with Gasteiger partial charge in [-0.15, -0.1) is 0 Å². The molecule has 0 spiro atoms. The van der Waals surface area contributed by atoms with Crippen LogP contribution in [-0.2, 0) is 22.6 Å². The molecule has 0 aliphatic rings. The monoisotopic (exact) mass is 345 g/mol. The van der Waals surface area contributed by atoms with Gasteiger partial charge in [0.15, 0.2) is 5.75 Å². The molecular weight excluding hydrogens is 326 g/mol. The normalized spacial score (nSPS) is 13.0. The van der Waals surface area contributed by atoms with Crippen LogP contribution < -0.4 is 16.5 Å². The zero-order chi connectivity index (χ0) is 18.4. The van der Waals surface area contributed by atoms with Gasteiger partial charge in [-0.05, 0) is 5.56 Å². The predicted octanol–water partition coefficient (Wildman–Crippen LogP) is -0.307. The van der Waals surface area contributed by atoms with Crippen LogP contribution in [-0.4, -0.2) is 38.7 Å². The Labute approximate surface area is 143 Å². The van der Waals surface area contributed by atoms with Crippen molar-refractivity contribution in [3.8, 4) is 5.75 Å². The molecule has 0 bridgehead atoms. The number of nitrogens with zero attached hydrogens (tertiary/aromatic N) is 1. The van der Waals surface area contributed by atoms with E-state index in [4.69, 9.17) is 5.73 Å². The fraction of sp³-hybridized carbons (Fsp3) is 0.235. The zero-order valence-corrected chi connectivity index (χ0v) is 13.3. The Morgan fingerprint density at radius 1 is 1.20 bits per heavy atom. The van der Waals surface area contributed by atoms with Crippen LogP contribution in [0.5, 0.6) is 5.75 Å². The predicted molar refractivity (Wildman–Crippen MR) is 90.1 cm³/mol. The number of benzene rings is 1. The Bertz CT molecular complexity index is 803. The largest absolute Gasteiger partial charge is 0.503 e. The van der Waals surface area contributed by atoms with E-state index in [1.54, 1.807) is 24.3 Å². The summed E-state index contributed by atoms with van der Waals surface area (Å²) in [5, 5.41) is 21.1. The third-order valence-corrected chi connectivity index (χ3v) is 3.60. The lowest BCUT2D eigenvalue weighted by atomic mass is 10.1. The molecule has 0 saturated heterocycles. The third-order valence-electron chi connectivity index (χ3n) is 3.60. The number of rotatable bonds is 7. The van der Waals surface area contributed by atoms with Gasteiger partial charge in [-0.2, -0.15) is 0 Å². The molecular formula is C17H19N3O5. The van der Waals surface area contributed by atoms with Crippen LogP contribution in [0.3, 0.4) is 0 Å². The van der Waals surface area contributed by atoms with Gasteiger partial charge in [0.2, 0.25) is 11.3 Å². The fourth-order valence-corrected chi connectivity index (χ4v) is 2.26. The zero-order valence-electron chi connectivity index (χ0n) is 13.3. The quantitative estimate of drug-likeness (QED) is 0.544. The molecule has 2 aromatic rings. The number of amides is 1. The summed E-state index contributed by atoms with van der Waals surface area (Å²) in [6, 6.07) is 7.91. The molecule has 1 heterocycles. The Morgan fingerprint density at radius 2 is 1.88 bits per heavy atom. The molecule has 1 aromatic heterocycles. The number of pyridine rings is 1. The molecule has 132 valence electrons. The molecule has 1 aromatic carbocycles. The molecule has 0 fully saturated rings. The molecule has 0 saturated carbocycles. The van der Waals surface area contributed by atoms with Crippen molar-refractivity contribution in [1.29, 1.82) is 0 Å². The fourth-order valence-electron chi connectivity index (χ4n) is 2.26. The topological polar surface area (TPSA) is 135 Å². The number of carboxylic acid groups (broad SMARTS) is 1. The standard InChI is InChI=1S/C17H19N3O5/c18-12(9-20-7-6-14(21)15(22)10-20)16(23)19-13(17(24)25)8-11-4-2-1-3-5-11/h1-7,10,12-13,22H,8-9,18H2,(H,19,23)(H,24,25)/t12?,13-/m0/s1. The van der Waals surface area contributed by atoms with Gasteiger partial charge in [0, 0.05) is 31.4 Å². The van der Waals surface area contributed by atoms with E-state index in [1.165, 1.54) is 10.8 Å². The molecule has 0 aliphatic carbocycles. The Hall–Kier alpha value is -3.13. The summed E-state index contributed by atoms with van der Waals surface area (Å²) in [5.74, 6) is -2.26. The molecule has 2 atom stereocenters. The van der Waals surface area contributed by atoms with Gasteiger partial charge in [0.05, 0.1) is 0 Å². The van der Waals surface area contributed by atoms with E-state index < -0.39 is 35.1 Å². The van der Waals surface area contributed by atoms with Crippen LogP contribution in [0, 0.1) is 0 Å². The van der Waals surface area contributed by atoms with Gasteiger partial charge in [-0.25, -0.2) is 4.79 Å². The van der Waals surface area contributed by atoms with E-state index in [0.29, 0.717) is 0 Å². The summed E-state index contributed by atoms with van der Waals surface area (Å²) in [5.41, 5.74) is 6.03. The van der Waals surface area contributed by atoms with E-state index >= 15 is 0 Å². The highest BCUT2D eigenvalue weighted by atomic mass is 16.4. The van der Waals surface area contributed by atoms with Crippen molar-refractivity contribution in [3.05, 3.63) is 64.6 Å². The van der Waals surface area contributed by atoms with E-state index in [9.17, 15) is 24.6 Å². The average Bonchev–Trinajstić information content (AvgIpc) is 2.58. The van der Waals surface area contributed by atoms with Crippen molar-refractivity contribution in [2.24, 2.45) is 5.73 Å². The molecule has 8 heteroatoms. The minimum absolute atomic E-state index is 0.0165. The summed E-state index contributed by atoms with van der Waals surface area (Å²) >= 11 is 0. The van der Waals surface area contributed by atoms with Crippen LogP contribution in [0.2, 0.25) is 0 Å². The lowest BCUT2D eigenvalue weighted by molar-refractivity contribution is -0.142. The minimum Gasteiger partial charge on any atom is -0.503 e. The SMILES string of the molecule is NC(Cn1ccc(=O)c(O)c1)C(=O)N[C@@H](Cc1ccccc1)C(=O)O. The van der Waals surface area contributed by atoms with Crippen LogP contribution in [0.15, 0.2) is 53.6 Å². The second-order valence-electron chi connectivity index (χ2n) is 5.59. The van der Waals surface area contributed by atoms with Crippen molar-refractivity contribution in [2.45, 2.75) is 25.0 Å². The first-order chi connectivity index (χ1) is 11.9. The molecule has 2 rings (SSSR count). The van der Waals surface area contributed by atoms with Crippen LogP contribution >= 0.6 is 0 Å². The Kier molecular flexibility index (Phi) is 5.91. The maximum atomic E-state index is 12.2. The van der Waals surface area contributed by atoms with Gasteiger partial charge in [-0.3, -0.25) is 9.59 Å². The second kappa shape index (κ2) is 8.11. The van der Waals surface area contributed by atoms with Crippen molar-refractivity contribution >= 4 is 11.9 Å². The smallest absolute Gasteiger partial charge is 0.326 e. The highest BCUT2D eigenvalue weighted by Crippen LogP contribution is 2.04. The summed E-state index contributed by atoms with van der Waals surface area (Å²) < 4.78 is 1.38. The Morgan fingerprint density at radius 3 is 2.48 bits per heavy atom. The van der Waals surface area contributed by atoms with Crippen LogP contribution in [0.1, 0.15) is 5.56 Å². The number of aromatic hydroxyl groups is 1. The van der Waals surface area contributed by atoms with Crippen molar-refractivity contribution in [2.75, 3.05) is 0 Å². The maximum absolute atomic E-state index is 12.2. The van der Waals surface area contributed by atoms with Gasteiger partial charge in [-0.1, -0.05) is 30.3 Å². The van der Waals surface area contributed by atoms with Crippen LogP contribution in [0.25, 0.3) is 0 Å². The number of nitrogens with two attached hydrogens (primary N) is 1. The van der Waals surface area contributed by atoms with Crippen molar-refractivity contribution < 1.29 is 19.8 Å². The number of carbonyl (C=O) groups excluding carboxylic acids is 1. The molecule has 25 heavy (non-hydrogen) atoms. The number of aliphatic carboxylic acids is 1. The van der Waals surface area contributed by atoms with E-state index in [-0.39, 0.29) is 13.0 Å². The number of hydrogen-bond donors (Lipinski definition) is 4. The van der Waals surface area contributed by atoms with Gasteiger partial charge in [0.1, 0.15) is 12.1 Å². The Balaban J connectivity index is 2.00. The maximum Gasteiger partial charge on any atom is 0.326 e. The van der Waals surface area contributed by atoms with E-state index in [1.807, 2.05) is 6.07 Å². The van der Waals surface area contributed by atoms with Crippen molar-refractivity contribution in [1.82, 2.24) is 9.88 Å². The van der Waals surface area contributed by atoms with E-state index in [2.05, 4.69) is 5.32 Å². The average molecular weight is 345 g/mol. The number of carbonyl (C=O) groups is 2.